The average Bonchev–Trinajstić information content (AvgIpc) is 3.03. The van der Waals surface area contributed by atoms with Gasteiger partial charge in [-0.3, -0.25) is 9.69 Å². The third-order valence-electron chi connectivity index (χ3n) is 3.72. The minimum Gasteiger partial charge on any atom is -0.291 e. The zero-order valence-electron chi connectivity index (χ0n) is 12.6. The van der Waals surface area contributed by atoms with E-state index in [2.05, 4.69) is 5.10 Å². The van der Waals surface area contributed by atoms with Crippen LogP contribution < -0.4 is 4.90 Å². The van der Waals surface area contributed by atoms with Gasteiger partial charge in [0, 0.05) is 12.1 Å². The second-order valence-electron chi connectivity index (χ2n) is 5.21. The Morgan fingerprint density at radius 3 is 2.80 bits per heavy atom. The van der Waals surface area contributed by atoms with E-state index in [4.69, 9.17) is 0 Å². The molecule has 0 radical (unpaired) electrons. The summed E-state index contributed by atoms with van der Waals surface area (Å²) in [6, 6.07) is 6.83. The van der Waals surface area contributed by atoms with Gasteiger partial charge in [0.25, 0.3) is 0 Å². The number of fused-ring (bicyclic) bond motifs is 1. The SMILES string of the molecule is N#Cc1cnn2c1N(C(=O)CI)CC=C2c1cccc(C(F)(F)F)c1. The van der Waals surface area contributed by atoms with E-state index in [-0.39, 0.29) is 28.3 Å². The summed E-state index contributed by atoms with van der Waals surface area (Å²) in [5.74, 6) is 0.0669. The Kier molecular flexibility index (Phi) is 4.55. The summed E-state index contributed by atoms with van der Waals surface area (Å²) in [4.78, 5) is 13.5. The number of aromatic nitrogens is 2. The van der Waals surface area contributed by atoms with Gasteiger partial charge in [0.05, 0.1) is 21.9 Å². The topological polar surface area (TPSA) is 61.9 Å². The van der Waals surface area contributed by atoms with Gasteiger partial charge in [0.15, 0.2) is 5.82 Å². The molecule has 5 nitrogen and oxygen atoms in total. The van der Waals surface area contributed by atoms with Gasteiger partial charge in [-0.2, -0.15) is 23.5 Å². The molecule has 0 spiro atoms. The van der Waals surface area contributed by atoms with E-state index in [0.717, 1.165) is 12.1 Å². The standard InChI is InChI=1S/C16H10F3IN4O/c17-16(18,19)12-3-1-2-10(6-12)13-4-5-23(14(25)7-20)15-11(8-21)9-22-24(13)15/h1-4,6,9H,5,7H2. The van der Waals surface area contributed by atoms with Crippen molar-refractivity contribution < 1.29 is 18.0 Å². The molecule has 25 heavy (non-hydrogen) atoms. The van der Waals surface area contributed by atoms with Crippen molar-refractivity contribution in [3.63, 3.8) is 0 Å². The zero-order valence-corrected chi connectivity index (χ0v) is 14.7. The number of benzene rings is 1. The molecule has 0 atom stereocenters. The predicted octanol–water partition coefficient (Wildman–Crippen LogP) is 3.44. The number of halogens is 4. The first-order valence-electron chi connectivity index (χ1n) is 7.09. The van der Waals surface area contributed by atoms with Crippen molar-refractivity contribution in [1.29, 1.82) is 5.26 Å². The molecule has 0 saturated heterocycles. The fraction of sp³-hybridized carbons (Fsp3) is 0.188. The van der Waals surface area contributed by atoms with E-state index < -0.39 is 11.7 Å². The van der Waals surface area contributed by atoms with Gasteiger partial charge in [-0.15, -0.1) is 0 Å². The zero-order chi connectivity index (χ0) is 18.2. The summed E-state index contributed by atoms with van der Waals surface area (Å²) < 4.78 is 40.4. The van der Waals surface area contributed by atoms with Crippen LogP contribution >= 0.6 is 22.6 Å². The monoisotopic (exact) mass is 458 g/mol. The molecular formula is C16H10F3IN4O. The van der Waals surface area contributed by atoms with Crippen molar-refractivity contribution in [1.82, 2.24) is 9.78 Å². The van der Waals surface area contributed by atoms with E-state index in [1.54, 1.807) is 6.08 Å². The number of nitriles is 1. The lowest BCUT2D eigenvalue weighted by atomic mass is 10.1. The van der Waals surface area contributed by atoms with Crippen LogP contribution in [0, 0.1) is 11.3 Å². The number of amides is 1. The Hall–Kier alpha value is -2.35. The number of carbonyl (C=O) groups excluding carboxylic acids is 1. The summed E-state index contributed by atoms with van der Waals surface area (Å²) in [6.45, 7) is 0.161. The fourth-order valence-electron chi connectivity index (χ4n) is 2.59. The van der Waals surface area contributed by atoms with E-state index in [1.807, 2.05) is 28.7 Å². The smallest absolute Gasteiger partial charge is 0.291 e. The molecular weight excluding hydrogens is 448 g/mol. The minimum absolute atomic E-state index is 0.161. The summed E-state index contributed by atoms with van der Waals surface area (Å²) in [5.41, 5.74) is 0.131. The molecule has 0 unspecified atom stereocenters. The van der Waals surface area contributed by atoms with Gasteiger partial charge >= 0.3 is 6.18 Å². The first-order chi connectivity index (χ1) is 11.9. The van der Waals surface area contributed by atoms with Crippen molar-refractivity contribution in [2.45, 2.75) is 6.18 Å². The van der Waals surface area contributed by atoms with E-state index in [0.29, 0.717) is 11.3 Å². The lowest BCUT2D eigenvalue weighted by Crippen LogP contribution is -2.37. The minimum atomic E-state index is -4.46. The van der Waals surface area contributed by atoms with Gasteiger partial charge < -0.3 is 0 Å². The number of rotatable bonds is 2. The van der Waals surface area contributed by atoms with Crippen LogP contribution in [0.25, 0.3) is 5.70 Å². The Balaban J connectivity index is 2.12. The van der Waals surface area contributed by atoms with Gasteiger partial charge in [-0.25, -0.2) is 4.68 Å². The summed E-state index contributed by atoms with van der Waals surface area (Å²) in [6.07, 6.45) is -1.53. The Bertz CT molecular complexity index is 911. The number of hydrogen-bond donors (Lipinski definition) is 0. The highest BCUT2D eigenvalue weighted by atomic mass is 127. The maximum Gasteiger partial charge on any atom is 0.416 e. The van der Waals surface area contributed by atoms with Crippen LogP contribution in [0.2, 0.25) is 0 Å². The van der Waals surface area contributed by atoms with Gasteiger partial charge in [-0.05, 0) is 18.2 Å². The summed E-state index contributed by atoms with van der Waals surface area (Å²) in [5, 5.41) is 13.3. The molecule has 0 bridgehead atoms. The number of anilines is 1. The van der Waals surface area contributed by atoms with Crippen molar-refractivity contribution in [3.05, 3.63) is 53.2 Å². The molecule has 128 valence electrons. The Morgan fingerprint density at radius 1 is 1.40 bits per heavy atom. The van der Waals surface area contributed by atoms with Crippen LogP contribution in [0.15, 0.2) is 36.5 Å². The molecule has 0 saturated carbocycles. The first kappa shape index (κ1) is 17.5. The molecule has 0 aliphatic carbocycles. The third kappa shape index (κ3) is 3.13. The molecule has 1 aromatic heterocycles. The highest BCUT2D eigenvalue weighted by Crippen LogP contribution is 2.34. The lowest BCUT2D eigenvalue weighted by Gasteiger charge is -2.27. The molecule has 0 N–H and O–H groups in total. The maximum atomic E-state index is 13.0. The maximum absolute atomic E-state index is 13.0. The molecule has 3 rings (SSSR count). The largest absolute Gasteiger partial charge is 0.416 e. The first-order valence-corrected chi connectivity index (χ1v) is 8.62. The summed E-state index contributed by atoms with van der Waals surface area (Å²) in [7, 11) is 0. The number of alkyl halides is 4. The highest BCUT2D eigenvalue weighted by molar-refractivity contribution is 14.1. The van der Waals surface area contributed by atoms with Crippen molar-refractivity contribution in [2.24, 2.45) is 0 Å². The van der Waals surface area contributed by atoms with Crippen LogP contribution in [0.1, 0.15) is 16.7 Å². The molecule has 0 fully saturated rings. The number of carbonyl (C=O) groups is 1. The highest BCUT2D eigenvalue weighted by Gasteiger charge is 2.32. The van der Waals surface area contributed by atoms with Crippen LogP contribution in [-0.4, -0.2) is 26.7 Å². The fourth-order valence-corrected chi connectivity index (χ4v) is 3.01. The van der Waals surface area contributed by atoms with Crippen molar-refractivity contribution in [3.8, 4) is 6.07 Å². The molecule has 2 heterocycles. The molecule has 1 aliphatic heterocycles. The molecule has 1 aromatic carbocycles. The van der Waals surface area contributed by atoms with Crippen LogP contribution in [-0.2, 0) is 11.0 Å². The number of nitrogens with zero attached hydrogens (tertiary/aromatic N) is 4. The van der Waals surface area contributed by atoms with E-state index in [1.165, 1.54) is 27.9 Å². The molecule has 1 aliphatic rings. The quantitative estimate of drug-likeness (QED) is 0.512. The van der Waals surface area contributed by atoms with E-state index >= 15 is 0 Å². The average molecular weight is 458 g/mol. The van der Waals surface area contributed by atoms with Crippen molar-refractivity contribution in [2.75, 3.05) is 15.9 Å². The second-order valence-corrected chi connectivity index (χ2v) is 5.97. The molecule has 1 amide bonds. The van der Waals surface area contributed by atoms with Crippen molar-refractivity contribution >= 4 is 40.0 Å². The second kappa shape index (κ2) is 6.51. The number of hydrogen-bond acceptors (Lipinski definition) is 3. The van der Waals surface area contributed by atoms with Gasteiger partial charge in [0.2, 0.25) is 5.91 Å². The van der Waals surface area contributed by atoms with Crippen LogP contribution in [0.4, 0.5) is 19.0 Å². The Labute approximate surface area is 154 Å². The summed E-state index contributed by atoms with van der Waals surface area (Å²) >= 11 is 1.92. The van der Waals surface area contributed by atoms with Gasteiger partial charge in [0.1, 0.15) is 11.6 Å². The lowest BCUT2D eigenvalue weighted by molar-refractivity contribution is -0.137. The third-order valence-corrected chi connectivity index (χ3v) is 4.37. The normalized spacial score (nSPS) is 13.9. The van der Waals surface area contributed by atoms with E-state index in [9.17, 15) is 23.2 Å². The van der Waals surface area contributed by atoms with Gasteiger partial charge in [-0.1, -0.05) is 34.7 Å². The molecule has 9 heteroatoms. The van der Waals surface area contributed by atoms with Crippen LogP contribution in [0.3, 0.4) is 0 Å². The molecule has 2 aromatic rings. The Morgan fingerprint density at radius 2 is 2.16 bits per heavy atom. The van der Waals surface area contributed by atoms with Crippen LogP contribution in [0.5, 0.6) is 0 Å². The predicted molar refractivity (Wildman–Crippen MR) is 93.0 cm³/mol.